The van der Waals surface area contributed by atoms with Gasteiger partial charge in [0.1, 0.15) is 12.4 Å². The molecular formula is C24H38N4O3. The largest absolute Gasteiger partial charge is 0.491 e. The smallest absolute Gasteiger partial charge is 0.223 e. The molecule has 1 saturated carbocycles. The number of nitrogens with zero attached hydrogens (tertiary/aromatic N) is 1. The highest BCUT2D eigenvalue weighted by atomic mass is 16.5. The third-order valence-corrected chi connectivity index (χ3v) is 5.84. The number of aliphatic imine (C=N–C) groups is 1. The highest BCUT2D eigenvalue weighted by Crippen LogP contribution is 2.26. The molecule has 2 aliphatic rings. The molecule has 3 N–H and O–H groups in total. The van der Waals surface area contributed by atoms with E-state index in [1.54, 1.807) is 0 Å². The van der Waals surface area contributed by atoms with Gasteiger partial charge >= 0.3 is 0 Å². The van der Waals surface area contributed by atoms with Crippen molar-refractivity contribution in [3.63, 3.8) is 0 Å². The minimum absolute atomic E-state index is 0.195. The monoisotopic (exact) mass is 430 g/mol. The Morgan fingerprint density at radius 1 is 1.16 bits per heavy atom. The SMILES string of the molecule is CCNC(=NCc1ccc(C)cc1OCC1CCCO1)NCCCNC(=O)C1CCC1. The Labute approximate surface area is 186 Å². The van der Waals surface area contributed by atoms with E-state index >= 15 is 0 Å². The molecule has 1 aliphatic carbocycles. The van der Waals surface area contributed by atoms with E-state index in [0.717, 1.165) is 69.1 Å². The lowest BCUT2D eigenvalue weighted by molar-refractivity contribution is -0.127. The fourth-order valence-electron chi connectivity index (χ4n) is 3.71. The minimum Gasteiger partial charge on any atom is -0.491 e. The van der Waals surface area contributed by atoms with Crippen molar-refractivity contribution in [2.45, 2.75) is 65.0 Å². The van der Waals surface area contributed by atoms with Crippen LogP contribution in [-0.4, -0.2) is 50.8 Å². The molecule has 7 nitrogen and oxygen atoms in total. The number of guanidine groups is 1. The van der Waals surface area contributed by atoms with Gasteiger partial charge in [0.05, 0.1) is 12.6 Å². The number of hydrogen-bond donors (Lipinski definition) is 3. The number of ether oxygens (including phenoxy) is 2. The number of nitrogens with one attached hydrogen (secondary N) is 3. The standard InChI is InChI=1S/C24H38N4O3/c1-3-25-24(27-13-6-12-26-23(29)19-7-4-8-19)28-16-20-11-10-18(2)15-22(20)31-17-21-9-5-14-30-21/h10-11,15,19,21H,3-9,12-14,16-17H2,1-2H3,(H,26,29)(H2,25,27,28). The van der Waals surface area contributed by atoms with Crippen molar-refractivity contribution >= 4 is 11.9 Å². The Hall–Kier alpha value is -2.28. The van der Waals surface area contributed by atoms with Gasteiger partial charge in [0.25, 0.3) is 0 Å². The Morgan fingerprint density at radius 3 is 2.71 bits per heavy atom. The van der Waals surface area contributed by atoms with E-state index in [1.165, 1.54) is 12.0 Å². The quantitative estimate of drug-likeness (QED) is 0.286. The summed E-state index contributed by atoms with van der Waals surface area (Å²) in [7, 11) is 0. The van der Waals surface area contributed by atoms with Crippen LogP contribution >= 0.6 is 0 Å². The van der Waals surface area contributed by atoms with E-state index < -0.39 is 0 Å². The summed E-state index contributed by atoms with van der Waals surface area (Å²) in [6, 6.07) is 6.25. The number of aryl methyl sites for hydroxylation is 1. The van der Waals surface area contributed by atoms with Crippen LogP contribution in [0.15, 0.2) is 23.2 Å². The van der Waals surface area contributed by atoms with Gasteiger partial charge in [0, 0.05) is 37.7 Å². The Bertz CT molecular complexity index is 728. The van der Waals surface area contributed by atoms with E-state index in [4.69, 9.17) is 14.5 Å². The van der Waals surface area contributed by atoms with Gasteiger partial charge in [-0.2, -0.15) is 0 Å². The van der Waals surface area contributed by atoms with Gasteiger partial charge in [-0.25, -0.2) is 4.99 Å². The third kappa shape index (κ3) is 7.73. The molecule has 0 spiro atoms. The van der Waals surface area contributed by atoms with E-state index in [2.05, 4.69) is 48.0 Å². The van der Waals surface area contributed by atoms with Crippen LogP contribution in [0.1, 0.15) is 56.6 Å². The lowest BCUT2D eigenvalue weighted by Gasteiger charge is -2.24. The Kier molecular flexibility index (Phi) is 9.46. The van der Waals surface area contributed by atoms with Gasteiger partial charge in [0.2, 0.25) is 5.91 Å². The number of carbonyl (C=O) groups excluding carboxylic acids is 1. The van der Waals surface area contributed by atoms with E-state index in [0.29, 0.717) is 19.7 Å². The normalized spacial score (nSPS) is 19.0. The third-order valence-electron chi connectivity index (χ3n) is 5.84. The maximum absolute atomic E-state index is 11.9. The Balaban J connectivity index is 1.46. The second-order valence-corrected chi connectivity index (χ2v) is 8.45. The first-order valence-corrected chi connectivity index (χ1v) is 11.8. The zero-order chi connectivity index (χ0) is 21.9. The molecule has 0 radical (unpaired) electrons. The summed E-state index contributed by atoms with van der Waals surface area (Å²) in [5.74, 6) is 2.12. The van der Waals surface area contributed by atoms with Gasteiger partial charge in [-0.1, -0.05) is 18.6 Å². The van der Waals surface area contributed by atoms with Crippen LogP contribution < -0.4 is 20.7 Å². The first-order valence-electron chi connectivity index (χ1n) is 11.8. The number of rotatable bonds is 11. The van der Waals surface area contributed by atoms with E-state index in [1.807, 2.05) is 0 Å². The van der Waals surface area contributed by atoms with Crippen LogP contribution in [0.25, 0.3) is 0 Å². The molecule has 172 valence electrons. The highest BCUT2D eigenvalue weighted by Gasteiger charge is 2.24. The molecule has 1 unspecified atom stereocenters. The van der Waals surface area contributed by atoms with Crippen LogP contribution in [0.2, 0.25) is 0 Å². The molecular weight excluding hydrogens is 392 g/mol. The van der Waals surface area contributed by atoms with E-state index in [-0.39, 0.29) is 17.9 Å². The molecule has 2 fully saturated rings. The fraction of sp³-hybridized carbons (Fsp3) is 0.667. The zero-order valence-corrected chi connectivity index (χ0v) is 19.0. The molecule has 1 heterocycles. The molecule has 1 aliphatic heterocycles. The van der Waals surface area contributed by atoms with Gasteiger partial charge < -0.3 is 25.4 Å². The molecule has 1 aromatic rings. The van der Waals surface area contributed by atoms with Crippen molar-refractivity contribution in [3.8, 4) is 5.75 Å². The summed E-state index contributed by atoms with van der Waals surface area (Å²) in [4.78, 5) is 16.6. The highest BCUT2D eigenvalue weighted by molar-refractivity contribution is 5.80. The fourth-order valence-corrected chi connectivity index (χ4v) is 3.71. The van der Waals surface area contributed by atoms with Crippen LogP contribution in [-0.2, 0) is 16.1 Å². The van der Waals surface area contributed by atoms with Crippen molar-refractivity contribution in [2.24, 2.45) is 10.9 Å². The van der Waals surface area contributed by atoms with Crippen molar-refractivity contribution in [3.05, 3.63) is 29.3 Å². The van der Waals surface area contributed by atoms with Crippen LogP contribution in [0.5, 0.6) is 5.75 Å². The summed E-state index contributed by atoms with van der Waals surface area (Å²) >= 11 is 0. The molecule has 1 aromatic carbocycles. The number of amides is 1. The van der Waals surface area contributed by atoms with Gasteiger partial charge in [-0.3, -0.25) is 4.79 Å². The molecule has 31 heavy (non-hydrogen) atoms. The van der Waals surface area contributed by atoms with Crippen molar-refractivity contribution in [1.29, 1.82) is 0 Å². The van der Waals surface area contributed by atoms with Gasteiger partial charge in [0.15, 0.2) is 5.96 Å². The first kappa shape index (κ1) is 23.4. The average Bonchev–Trinajstić information content (AvgIpc) is 3.23. The molecule has 7 heteroatoms. The molecule has 0 bridgehead atoms. The number of hydrogen-bond acceptors (Lipinski definition) is 4. The Morgan fingerprint density at radius 2 is 2.00 bits per heavy atom. The van der Waals surface area contributed by atoms with Crippen LogP contribution in [0, 0.1) is 12.8 Å². The van der Waals surface area contributed by atoms with Crippen molar-refractivity contribution in [1.82, 2.24) is 16.0 Å². The zero-order valence-electron chi connectivity index (χ0n) is 19.0. The molecule has 3 rings (SSSR count). The van der Waals surface area contributed by atoms with Gasteiger partial charge in [-0.05, 0) is 57.6 Å². The average molecular weight is 431 g/mol. The summed E-state index contributed by atoms with van der Waals surface area (Å²) in [5.41, 5.74) is 2.23. The minimum atomic E-state index is 0.195. The molecule has 1 amide bonds. The van der Waals surface area contributed by atoms with Crippen LogP contribution in [0.3, 0.4) is 0 Å². The summed E-state index contributed by atoms with van der Waals surface area (Å²) < 4.78 is 11.8. The number of benzene rings is 1. The van der Waals surface area contributed by atoms with E-state index in [9.17, 15) is 4.79 Å². The maximum atomic E-state index is 11.9. The van der Waals surface area contributed by atoms with Crippen molar-refractivity contribution < 1.29 is 14.3 Å². The second-order valence-electron chi connectivity index (χ2n) is 8.45. The topological polar surface area (TPSA) is 84.0 Å². The van der Waals surface area contributed by atoms with Gasteiger partial charge in [-0.15, -0.1) is 0 Å². The maximum Gasteiger partial charge on any atom is 0.223 e. The predicted molar refractivity (Wildman–Crippen MR) is 123 cm³/mol. The predicted octanol–water partition coefficient (Wildman–Crippen LogP) is 2.91. The summed E-state index contributed by atoms with van der Waals surface area (Å²) in [6.45, 7) is 8.33. The second kappa shape index (κ2) is 12.5. The lowest BCUT2D eigenvalue weighted by Crippen LogP contribution is -2.39. The number of carbonyl (C=O) groups is 1. The lowest BCUT2D eigenvalue weighted by atomic mass is 9.85. The molecule has 1 saturated heterocycles. The van der Waals surface area contributed by atoms with Crippen LogP contribution in [0.4, 0.5) is 0 Å². The van der Waals surface area contributed by atoms with Crippen molar-refractivity contribution in [2.75, 3.05) is 32.8 Å². The first-order chi connectivity index (χ1) is 15.2. The summed E-state index contributed by atoms with van der Waals surface area (Å²) in [5, 5.41) is 9.68. The molecule has 0 aromatic heterocycles. The molecule has 1 atom stereocenters. The summed E-state index contributed by atoms with van der Waals surface area (Å²) in [6.07, 6.45) is 6.50.